The van der Waals surface area contributed by atoms with Crippen LogP contribution in [-0.2, 0) is 11.2 Å². The highest BCUT2D eigenvalue weighted by molar-refractivity contribution is 6.00. The lowest BCUT2D eigenvalue weighted by molar-refractivity contribution is 0.00649. The van der Waals surface area contributed by atoms with Gasteiger partial charge < -0.3 is 9.64 Å². The SMILES string of the molecule is O=C(c1cccc2c1CC=C2)C1CC2CCCC(C1)N2C(=O)OCC1c2ccccc2-c2ccccc21. The number of nitrogens with zero attached hydrogens (tertiary/aromatic N) is 1. The Morgan fingerprint density at radius 2 is 1.51 bits per heavy atom. The average molecular weight is 490 g/mol. The van der Waals surface area contributed by atoms with Crippen molar-refractivity contribution in [3.63, 3.8) is 0 Å². The minimum atomic E-state index is -0.215. The zero-order valence-corrected chi connectivity index (χ0v) is 20.9. The molecule has 4 nitrogen and oxygen atoms in total. The van der Waals surface area contributed by atoms with Gasteiger partial charge in [0.2, 0.25) is 0 Å². The van der Waals surface area contributed by atoms with Gasteiger partial charge in [0.05, 0.1) is 0 Å². The molecule has 2 aliphatic carbocycles. The maximum atomic E-state index is 13.6. The van der Waals surface area contributed by atoms with Gasteiger partial charge in [0.25, 0.3) is 0 Å². The Labute approximate surface area is 218 Å². The normalized spacial score (nSPS) is 23.4. The van der Waals surface area contributed by atoms with Crippen LogP contribution < -0.4 is 0 Å². The van der Waals surface area contributed by atoms with Gasteiger partial charge in [0.1, 0.15) is 6.61 Å². The first-order valence-corrected chi connectivity index (χ1v) is 13.6. The van der Waals surface area contributed by atoms with Crippen LogP contribution >= 0.6 is 0 Å². The Kier molecular flexibility index (Phi) is 5.49. The lowest BCUT2D eigenvalue weighted by atomic mass is 9.75. The molecule has 4 aliphatic rings. The first kappa shape index (κ1) is 22.5. The van der Waals surface area contributed by atoms with Gasteiger partial charge in [-0.15, -0.1) is 0 Å². The number of ether oxygens (including phenoxy) is 1. The Morgan fingerprint density at radius 1 is 0.838 bits per heavy atom. The molecule has 2 heterocycles. The summed E-state index contributed by atoms with van der Waals surface area (Å²) in [6.45, 7) is 0.342. The predicted molar refractivity (Wildman–Crippen MR) is 145 cm³/mol. The third-order valence-corrected chi connectivity index (χ3v) is 8.99. The third-order valence-electron chi connectivity index (χ3n) is 8.99. The van der Waals surface area contributed by atoms with E-state index in [-0.39, 0.29) is 35.8 Å². The zero-order valence-electron chi connectivity index (χ0n) is 20.9. The second-order valence-electron chi connectivity index (χ2n) is 11.0. The van der Waals surface area contributed by atoms with Crippen molar-refractivity contribution < 1.29 is 14.3 Å². The second kappa shape index (κ2) is 9.02. The molecule has 1 amide bonds. The van der Waals surface area contributed by atoms with Crippen LogP contribution in [0.15, 0.2) is 72.8 Å². The summed E-state index contributed by atoms with van der Waals surface area (Å²) in [7, 11) is 0. The number of rotatable bonds is 4. The molecule has 3 aromatic rings. The quantitative estimate of drug-likeness (QED) is 0.370. The molecule has 4 heteroatoms. The molecule has 2 atom stereocenters. The monoisotopic (exact) mass is 489 g/mol. The van der Waals surface area contributed by atoms with Crippen LogP contribution in [0.2, 0.25) is 0 Å². The van der Waals surface area contributed by atoms with Crippen LogP contribution in [0.5, 0.6) is 0 Å². The van der Waals surface area contributed by atoms with Crippen molar-refractivity contribution in [2.24, 2.45) is 5.92 Å². The Morgan fingerprint density at radius 3 is 2.22 bits per heavy atom. The molecule has 2 saturated heterocycles. The van der Waals surface area contributed by atoms with E-state index in [0.29, 0.717) is 6.61 Å². The van der Waals surface area contributed by atoms with Crippen molar-refractivity contribution in [1.82, 2.24) is 4.90 Å². The van der Waals surface area contributed by atoms with E-state index < -0.39 is 0 Å². The van der Waals surface area contributed by atoms with E-state index in [1.807, 2.05) is 17.0 Å². The van der Waals surface area contributed by atoms with Gasteiger partial charge in [-0.25, -0.2) is 4.79 Å². The number of piperidine rings is 2. The lowest BCUT2D eigenvalue weighted by Gasteiger charge is -2.47. The van der Waals surface area contributed by atoms with Crippen molar-refractivity contribution in [1.29, 1.82) is 0 Å². The molecule has 2 unspecified atom stereocenters. The van der Waals surface area contributed by atoms with E-state index in [0.717, 1.165) is 49.7 Å². The summed E-state index contributed by atoms with van der Waals surface area (Å²) in [4.78, 5) is 29.1. The number of amides is 1. The number of hydrogen-bond donors (Lipinski definition) is 0. The summed E-state index contributed by atoms with van der Waals surface area (Å²) in [6.07, 6.45) is 9.32. The molecule has 37 heavy (non-hydrogen) atoms. The molecular weight excluding hydrogens is 458 g/mol. The van der Waals surface area contributed by atoms with Crippen molar-refractivity contribution >= 4 is 18.0 Å². The number of allylic oxidation sites excluding steroid dienone is 1. The van der Waals surface area contributed by atoms with E-state index in [4.69, 9.17) is 4.74 Å². The van der Waals surface area contributed by atoms with E-state index >= 15 is 0 Å². The van der Waals surface area contributed by atoms with Crippen LogP contribution in [0.1, 0.15) is 70.6 Å². The van der Waals surface area contributed by atoms with Crippen LogP contribution in [0.25, 0.3) is 17.2 Å². The van der Waals surface area contributed by atoms with E-state index in [9.17, 15) is 9.59 Å². The summed E-state index contributed by atoms with van der Waals surface area (Å²) in [5, 5.41) is 0. The first-order valence-electron chi connectivity index (χ1n) is 13.6. The van der Waals surface area contributed by atoms with Gasteiger partial charge >= 0.3 is 6.09 Å². The van der Waals surface area contributed by atoms with Crippen LogP contribution in [0.4, 0.5) is 4.79 Å². The number of fused-ring (bicyclic) bond motifs is 6. The lowest BCUT2D eigenvalue weighted by Crippen LogP contribution is -2.56. The maximum Gasteiger partial charge on any atom is 0.410 e. The number of benzene rings is 3. The molecule has 0 radical (unpaired) electrons. The summed E-state index contributed by atoms with van der Waals surface area (Å²) < 4.78 is 6.05. The number of hydrogen-bond acceptors (Lipinski definition) is 3. The van der Waals surface area contributed by atoms with E-state index in [1.165, 1.54) is 27.8 Å². The number of ketones is 1. The molecule has 0 spiro atoms. The molecule has 7 rings (SSSR count). The Bertz CT molecular complexity index is 1360. The van der Waals surface area contributed by atoms with Crippen molar-refractivity contribution in [3.8, 4) is 11.1 Å². The van der Waals surface area contributed by atoms with Gasteiger partial charge in [-0.1, -0.05) is 78.9 Å². The molecule has 2 aliphatic heterocycles. The number of carbonyl (C=O) groups excluding carboxylic acids is 2. The highest BCUT2D eigenvalue weighted by atomic mass is 16.6. The number of Topliss-reactive ketones (excluding diaryl/α,β-unsaturated/α-hetero) is 1. The van der Waals surface area contributed by atoms with Gasteiger partial charge in [-0.05, 0) is 71.9 Å². The minimum absolute atomic E-state index is 0.0277. The zero-order chi connectivity index (χ0) is 24.9. The predicted octanol–water partition coefficient (Wildman–Crippen LogP) is 7.02. The largest absolute Gasteiger partial charge is 0.448 e. The summed E-state index contributed by atoms with van der Waals surface area (Å²) in [5.41, 5.74) is 8.13. The van der Waals surface area contributed by atoms with Gasteiger partial charge in [-0.2, -0.15) is 0 Å². The Balaban J connectivity index is 1.07. The van der Waals surface area contributed by atoms with Crippen LogP contribution in [0.3, 0.4) is 0 Å². The molecule has 0 saturated carbocycles. The fraction of sp³-hybridized carbons (Fsp3) is 0.333. The highest BCUT2D eigenvalue weighted by Crippen LogP contribution is 2.45. The second-order valence-corrected chi connectivity index (χ2v) is 11.0. The molecule has 3 aromatic carbocycles. The van der Waals surface area contributed by atoms with Crippen LogP contribution in [-0.4, -0.2) is 35.5 Å². The molecule has 2 fully saturated rings. The molecule has 2 bridgehead atoms. The third kappa shape index (κ3) is 3.73. The topological polar surface area (TPSA) is 46.6 Å². The highest BCUT2D eigenvalue weighted by Gasteiger charge is 2.44. The Hall–Kier alpha value is -3.66. The van der Waals surface area contributed by atoms with Crippen LogP contribution in [0, 0.1) is 5.92 Å². The summed E-state index contributed by atoms with van der Waals surface area (Å²) in [6, 6.07) is 23.1. The van der Waals surface area contributed by atoms with E-state index in [2.05, 4.69) is 66.7 Å². The van der Waals surface area contributed by atoms with Crippen molar-refractivity contribution in [2.75, 3.05) is 6.61 Å². The molecular formula is C33H31NO3. The molecule has 0 N–H and O–H groups in total. The molecule has 186 valence electrons. The van der Waals surface area contributed by atoms with E-state index in [1.54, 1.807) is 0 Å². The molecule has 0 aromatic heterocycles. The van der Waals surface area contributed by atoms with Crippen molar-refractivity contribution in [3.05, 3.63) is 101 Å². The summed E-state index contributed by atoms with van der Waals surface area (Å²) in [5.74, 6) is 0.286. The standard InChI is InChI=1S/C33H31NO3/c35-32(30-17-6-9-21-8-5-16-25(21)30)22-18-23-10-7-11-24(19-22)34(23)33(36)37-20-31-28-14-3-1-12-26(28)27-13-2-4-15-29(27)31/h1-6,8-9,12-15,17,22-24,31H,7,10-11,16,18-20H2. The van der Waals surface area contributed by atoms with Gasteiger partial charge in [0, 0.05) is 29.5 Å². The fourth-order valence-electron chi connectivity index (χ4n) is 7.31. The summed E-state index contributed by atoms with van der Waals surface area (Å²) >= 11 is 0. The first-order chi connectivity index (χ1) is 18.2. The maximum absolute atomic E-state index is 13.6. The van der Waals surface area contributed by atoms with Gasteiger partial charge in [0.15, 0.2) is 5.78 Å². The minimum Gasteiger partial charge on any atom is -0.448 e. The smallest absolute Gasteiger partial charge is 0.410 e. The fourth-order valence-corrected chi connectivity index (χ4v) is 7.31. The van der Waals surface area contributed by atoms with Gasteiger partial charge in [-0.3, -0.25) is 4.79 Å². The number of carbonyl (C=O) groups is 2. The average Bonchev–Trinajstić information content (AvgIpc) is 3.53. The van der Waals surface area contributed by atoms with Crippen molar-refractivity contribution in [2.45, 2.75) is 56.5 Å².